The Morgan fingerprint density at radius 2 is 2.21 bits per heavy atom. The molecule has 1 unspecified atom stereocenters. The molecule has 0 fully saturated rings. The van der Waals surface area contributed by atoms with Crippen molar-refractivity contribution < 1.29 is 14.7 Å². The lowest BCUT2D eigenvalue weighted by molar-refractivity contribution is -0.137. The number of rotatable bonds is 8. The highest BCUT2D eigenvalue weighted by Gasteiger charge is 2.09. The Kier molecular flexibility index (Phi) is 6.42. The molecule has 0 aliphatic heterocycles. The molecule has 1 heterocycles. The van der Waals surface area contributed by atoms with Crippen molar-refractivity contribution in [1.29, 1.82) is 0 Å². The number of nitrogens with zero attached hydrogens (tertiary/aromatic N) is 2. The molecule has 3 N–H and O–H groups in total. The number of urea groups is 1. The van der Waals surface area contributed by atoms with Gasteiger partial charge in [-0.15, -0.1) is 0 Å². The predicted octanol–water partition coefficient (Wildman–Crippen LogP) is 0.826. The topological polar surface area (TPSA) is 96.3 Å². The number of carbonyl (C=O) groups is 2. The molecule has 0 saturated heterocycles. The molecule has 1 rings (SSSR count). The Labute approximate surface area is 112 Å². The van der Waals surface area contributed by atoms with Crippen molar-refractivity contribution in [3.05, 3.63) is 18.7 Å². The third kappa shape index (κ3) is 7.07. The number of aromatic nitrogens is 2. The van der Waals surface area contributed by atoms with Gasteiger partial charge < -0.3 is 20.3 Å². The fraction of sp³-hybridized carbons (Fsp3) is 0.583. The summed E-state index contributed by atoms with van der Waals surface area (Å²) < 4.78 is 1.98. The summed E-state index contributed by atoms with van der Waals surface area (Å²) >= 11 is 0. The molecule has 2 amide bonds. The van der Waals surface area contributed by atoms with Crippen LogP contribution in [0.1, 0.15) is 26.2 Å². The molecule has 19 heavy (non-hydrogen) atoms. The van der Waals surface area contributed by atoms with Crippen molar-refractivity contribution in [2.45, 2.75) is 38.8 Å². The number of carboxylic acid groups (broad SMARTS) is 1. The van der Waals surface area contributed by atoms with Crippen LogP contribution >= 0.6 is 0 Å². The van der Waals surface area contributed by atoms with Gasteiger partial charge >= 0.3 is 12.0 Å². The fourth-order valence-electron chi connectivity index (χ4n) is 1.63. The zero-order chi connectivity index (χ0) is 14.1. The average molecular weight is 268 g/mol. The maximum Gasteiger partial charge on any atom is 0.315 e. The summed E-state index contributed by atoms with van der Waals surface area (Å²) in [5.41, 5.74) is 0. The Balaban J connectivity index is 2.02. The summed E-state index contributed by atoms with van der Waals surface area (Å²) in [6, 6.07) is -0.695. The predicted molar refractivity (Wildman–Crippen MR) is 69.7 cm³/mol. The normalized spacial score (nSPS) is 11.8. The molecule has 7 nitrogen and oxygen atoms in total. The second-order valence-electron chi connectivity index (χ2n) is 4.41. The van der Waals surface area contributed by atoms with Gasteiger partial charge in [-0.3, -0.25) is 4.79 Å². The second-order valence-corrected chi connectivity index (χ2v) is 4.41. The molecule has 0 aliphatic rings. The van der Waals surface area contributed by atoms with Gasteiger partial charge in [-0.05, 0) is 19.8 Å². The minimum absolute atomic E-state index is 0.0753. The van der Waals surface area contributed by atoms with Gasteiger partial charge in [-0.25, -0.2) is 9.78 Å². The van der Waals surface area contributed by atoms with Gasteiger partial charge in [-0.2, -0.15) is 0 Å². The van der Waals surface area contributed by atoms with Gasteiger partial charge in [0.15, 0.2) is 0 Å². The van der Waals surface area contributed by atoms with E-state index in [1.54, 1.807) is 19.4 Å². The third-order valence-corrected chi connectivity index (χ3v) is 2.55. The van der Waals surface area contributed by atoms with Crippen molar-refractivity contribution in [1.82, 2.24) is 20.2 Å². The Hall–Kier alpha value is -2.05. The molecular formula is C12H20N4O3. The molecule has 0 aliphatic carbocycles. The lowest BCUT2D eigenvalue weighted by Crippen LogP contribution is -2.41. The van der Waals surface area contributed by atoms with Crippen LogP contribution in [0.4, 0.5) is 4.79 Å². The van der Waals surface area contributed by atoms with Gasteiger partial charge in [0.1, 0.15) is 0 Å². The zero-order valence-electron chi connectivity index (χ0n) is 11.0. The number of hydrogen-bond donors (Lipinski definition) is 3. The SMILES string of the molecule is CC(CC(=O)O)NC(=O)NCCCCn1ccnc1. The average Bonchev–Trinajstić information content (AvgIpc) is 2.80. The van der Waals surface area contributed by atoms with E-state index in [4.69, 9.17) is 5.11 Å². The number of carbonyl (C=O) groups excluding carboxylic acids is 1. The first kappa shape index (κ1) is 15.0. The number of nitrogens with one attached hydrogen (secondary N) is 2. The minimum Gasteiger partial charge on any atom is -0.481 e. The molecule has 1 atom stereocenters. The summed E-state index contributed by atoms with van der Waals surface area (Å²) in [6.07, 6.45) is 7.12. The lowest BCUT2D eigenvalue weighted by Gasteiger charge is -2.12. The molecule has 0 saturated carbocycles. The quantitative estimate of drug-likeness (QED) is 0.608. The van der Waals surface area contributed by atoms with E-state index in [0.29, 0.717) is 6.54 Å². The van der Waals surface area contributed by atoms with Crippen LogP contribution in [0.3, 0.4) is 0 Å². The van der Waals surface area contributed by atoms with E-state index < -0.39 is 5.97 Å². The molecule has 106 valence electrons. The van der Waals surface area contributed by atoms with E-state index in [-0.39, 0.29) is 18.5 Å². The Morgan fingerprint density at radius 3 is 2.84 bits per heavy atom. The van der Waals surface area contributed by atoms with Crippen LogP contribution in [0.15, 0.2) is 18.7 Å². The van der Waals surface area contributed by atoms with Gasteiger partial charge in [0, 0.05) is 31.5 Å². The number of aliphatic carboxylic acids is 1. The van der Waals surface area contributed by atoms with E-state index in [0.717, 1.165) is 19.4 Å². The van der Waals surface area contributed by atoms with Crippen LogP contribution in [-0.4, -0.2) is 39.2 Å². The van der Waals surface area contributed by atoms with Crippen LogP contribution < -0.4 is 10.6 Å². The smallest absolute Gasteiger partial charge is 0.315 e. The van der Waals surface area contributed by atoms with E-state index in [1.807, 2.05) is 10.8 Å². The largest absolute Gasteiger partial charge is 0.481 e. The summed E-state index contributed by atoms with van der Waals surface area (Å²) in [4.78, 5) is 25.8. The van der Waals surface area contributed by atoms with Crippen molar-refractivity contribution in [2.75, 3.05) is 6.54 Å². The molecule has 0 bridgehead atoms. The van der Waals surface area contributed by atoms with E-state index in [9.17, 15) is 9.59 Å². The van der Waals surface area contributed by atoms with Gasteiger partial charge in [-0.1, -0.05) is 0 Å². The second kappa shape index (κ2) is 8.12. The number of imidazole rings is 1. The first-order valence-corrected chi connectivity index (χ1v) is 6.30. The number of carboxylic acids is 1. The molecule has 1 aromatic rings. The Morgan fingerprint density at radius 1 is 1.42 bits per heavy atom. The van der Waals surface area contributed by atoms with Crippen LogP contribution in [0, 0.1) is 0 Å². The van der Waals surface area contributed by atoms with E-state index in [1.165, 1.54) is 0 Å². The summed E-state index contributed by atoms with van der Waals surface area (Å²) in [6.45, 7) is 3.10. The number of hydrogen-bond acceptors (Lipinski definition) is 3. The standard InChI is InChI=1S/C12H20N4O3/c1-10(8-11(17)18)15-12(19)14-4-2-3-6-16-7-5-13-9-16/h5,7,9-10H,2-4,6,8H2,1H3,(H,17,18)(H2,14,15,19). The summed E-state index contributed by atoms with van der Waals surface area (Å²) in [7, 11) is 0. The number of amides is 2. The molecule has 0 spiro atoms. The van der Waals surface area contributed by atoms with Crippen LogP contribution in [0.5, 0.6) is 0 Å². The highest BCUT2D eigenvalue weighted by Crippen LogP contribution is 1.94. The van der Waals surface area contributed by atoms with Crippen LogP contribution in [0.25, 0.3) is 0 Å². The molecule has 1 aromatic heterocycles. The maximum absolute atomic E-state index is 11.4. The van der Waals surface area contributed by atoms with E-state index in [2.05, 4.69) is 15.6 Å². The summed E-state index contributed by atoms with van der Waals surface area (Å²) in [5.74, 6) is -0.923. The number of aryl methyl sites for hydroxylation is 1. The zero-order valence-corrected chi connectivity index (χ0v) is 11.0. The monoisotopic (exact) mass is 268 g/mol. The van der Waals surface area contributed by atoms with Crippen molar-refractivity contribution >= 4 is 12.0 Å². The van der Waals surface area contributed by atoms with Gasteiger partial charge in [0.25, 0.3) is 0 Å². The van der Waals surface area contributed by atoms with Gasteiger partial charge in [0.05, 0.1) is 12.7 Å². The highest BCUT2D eigenvalue weighted by molar-refractivity contribution is 5.75. The molecule has 0 aromatic carbocycles. The molecule has 0 radical (unpaired) electrons. The Bertz CT molecular complexity index is 392. The first-order valence-electron chi connectivity index (χ1n) is 6.30. The van der Waals surface area contributed by atoms with Crippen LogP contribution in [0.2, 0.25) is 0 Å². The van der Waals surface area contributed by atoms with Crippen molar-refractivity contribution in [3.63, 3.8) is 0 Å². The minimum atomic E-state index is -0.923. The molecular weight excluding hydrogens is 248 g/mol. The van der Waals surface area contributed by atoms with Crippen LogP contribution in [-0.2, 0) is 11.3 Å². The van der Waals surface area contributed by atoms with Crippen molar-refractivity contribution in [2.24, 2.45) is 0 Å². The van der Waals surface area contributed by atoms with Crippen molar-refractivity contribution in [3.8, 4) is 0 Å². The lowest BCUT2D eigenvalue weighted by atomic mass is 10.2. The third-order valence-electron chi connectivity index (χ3n) is 2.55. The fourth-order valence-corrected chi connectivity index (χ4v) is 1.63. The van der Waals surface area contributed by atoms with Gasteiger partial charge in [0.2, 0.25) is 0 Å². The van der Waals surface area contributed by atoms with E-state index >= 15 is 0 Å². The maximum atomic E-state index is 11.4. The number of unbranched alkanes of at least 4 members (excludes halogenated alkanes) is 1. The summed E-state index contributed by atoms with van der Waals surface area (Å²) in [5, 5.41) is 13.8. The highest BCUT2D eigenvalue weighted by atomic mass is 16.4. The molecule has 7 heteroatoms. The first-order chi connectivity index (χ1) is 9.08.